The third kappa shape index (κ3) is 4.26. The molecule has 0 aliphatic heterocycles. The Labute approximate surface area is 104 Å². The van der Waals surface area contributed by atoms with Gasteiger partial charge in [-0.15, -0.1) is 0 Å². The van der Waals surface area contributed by atoms with Crippen molar-refractivity contribution in [2.24, 2.45) is 0 Å². The Balaban J connectivity index is 4.90. The molecule has 0 rings (SSSR count). The predicted octanol–water partition coefficient (Wildman–Crippen LogP) is 1.22. The lowest BCUT2D eigenvalue weighted by Crippen LogP contribution is -2.57. The van der Waals surface area contributed by atoms with Gasteiger partial charge in [0.2, 0.25) is 0 Å². The number of carboxylic acids is 1. The molecule has 0 spiro atoms. The Morgan fingerprint density at radius 2 is 2.00 bits per heavy atom. The van der Waals surface area contributed by atoms with Crippen molar-refractivity contribution in [2.75, 3.05) is 34.0 Å². The molecule has 2 unspecified atom stereocenters. The minimum absolute atomic E-state index is 0.0583. The van der Waals surface area contributed by atoms with Gasteiger partial charge in [-0.2, -0.15) is 0 Å². The molecule has 0 bridgehead atoms. The first-order valence-electron chi connectivity index (χ1n) is 5.92. The molecule has 0 saturated carbocycles. The van der Waals surface area contributed by atoms with Crippen molar-refractivity contribution in [3.05, 3.63) is 0 Å². The molecule has 5 heteroatoms. The topological polar surface area (TPSA) is 59.0 Å². The lowest BCUT2D eigenvalue weighted by Gasteiger charge is -2.41. The number of likely N-dealkylation sites (N-methyl/N-ethyl adjacent to an activating group) is 1. The maximum Gasteiger partial charge on any atom is 0.323 e. The van der Waals surface area contributed by atoms with E-state index in [0.717, 1.165) is 0 Å². The van der Waals surface area contributed by atoms with Gasteiger partial charge in [0.15, 0.2) is 0 Å². The number of carbonyl (C=O) groups is 1. The first-order chi connectivity index (χ1) is 7.93. The summed E-state index contributed by atoms with van der Waals surface area (Å²) in [6, 6.07) is 0.0583. The first kappa shape index (κ1) is 16.4. The smallest absolute Gasteiger partial charge is 0.323 e. The van der Waals surface area contributed by atoms with Crippen molar-refractivity contribution >= 4 is 5.97 Å². The second-order valence-electron chi connectivity index (χ2n) is 4.41. The minimum atomic E-state index is -0.914. The molecule has 17 heavy (non-hydrogen) atoms. The fourth-order valence-corrected chi connectivity index (χ4v) is 2.15. The van der Waals surface area contributed by atoms with Crippen LogP contribution in [0.5, 0.6) is 0 Å². The first-order valence-corrected chi connectivity index (χ1v) is 5.92. The van der Waals surface area contributed by atoms with Crippen molar-refractivity contribution in [3.8, 4) is 0 Å². The number of methoxy groups -OCH3 is 2. The Morgan fingerprint density at radius 3 is 2.35 bits per heavy atom. The van der Waals surface area contributed by atoms with Crippen LogP contribution in [-0.2, 0) is 14.3 Å². The normalized spacial score (nSPS) is 16.8. The second kappa shape index (κ2) is 7.63. The third-order valence-electron chi connectivity index (χ3n) is 3.17. The van der Waals surface area contributed by atoms with Crippen LogP contribution in [0.1, 0.15) is 27.2 Å². The number of hydrogen-bond acceptors (Lipinski definition) is 4. The number of ether oxygens (including phenoxy) is 2. The fraction of sp³-hybridized carbons (Fsp3) is 0.917. The van der Waals surface area contributed by atoms with Gasteiger partial charge in [0.05, 0.1) is 6.61 Å². The van der Waals surface area contributed by atoms with E-state index in [9.17, 15) is 9.90 Å². The maximum atomic E-state index is 11.5. The molecule has 2 atom stereocenters. The van der Waals surface area contributed by atoms with Crippen molar-refractivity contribution in [2.45, 2.75) is 38.8 Å². The summed E-state index contributed by atoms with van der Waals surface area (Å²) in [6.45, 7) is 7.28. The summed E-state index contributed by atoms with van der Waals surface area (Å²) in [5.74, 6) is -0.820. The van der Waals surface area contributed by atoms with Crippen LogP contribution in [0.3, 0.4) is 0 Å². The summed E-state index contributed by atoms with van der Waals surface area (Å²) in [6.07, 6.45) is 0.459. The van der Waals surface area contributed by atoms with Gasteiger partial charge in [0, 0.05) is 26.9 Å². The van der Waals surface area contributed by atoms with Crippen LogP contribution in [0.2, 0.25) is 0 Å². The van der Waals surface area contributed by atoms with Gasteiger partial charge in [0.25, 0.3) is 0 Å². The summed E-state index contributed by atoms with van der Waals surface area (Å²) < 4.78 is 10.1. The maximum absolute atomic E-state index is 11.5. The monoisotopic (exact) mass is 247 g/mol. The van der Waals surface area contributed by atoms with Crippen molar-refractivity contribution in [1.82, 2.24) is 4.90 Å². The number of carboxylic acid groups (broad SMARTS) is 1. The molecule has 0 saturated heterocycles. The van der Waals surface area contributed by atoms with Gasteiger partial charge in [-0.1, -0.05) is 6.92 Å². The predicted molar refractivity (Wildman–Crippen MR) is 66.3 cm³/mol. The van der Waals surface area contributed by atoms with E-state index in [2.05, 4.69) is 0 Å². The van der Waals surface area contributed by atoms with Crippen LogP contribution < -0.4 is 0 Å². The molecule has 5 nitrogen and oxygen atoms in total. The quantitative estimate of drug-likeness (QED) is 0.664. The number of hydrogen-bond donors (Lipinski definition) is 1. The van der Waals surface area contributed by atoms with Gasteiger partial charge in [0.1, 0.15) is 5.54 Å². The van der Waals surface area contributed by atoms with E-state index in [4.69, 9.17) is 9.47 Å². The Kier molecular flexibility index (Phi) is 7.34. The number of nitrogens with zero attached hydrogens (tertiary/aromatic N) is 1. The van der Waals surface area contributed by atoms with E-state index in [1.807, 2.05) is 18.7 Å². The Bertz CT molecular complexity index is 235. The highest BCUT2D eigenvalue weighted by atomic mass is 16.5. The van der Waals surface area contributed by atoms with Crippen molar-refractivity contribution < 1.29 is 19.4 Å². The van der Waals surface area contributed by atoms with Crippen molar-refractivity contribution in [1.29, 1.82) is 0 Å². The van der Waals surface area contributed by atoms with E-state index in [1.54, 1.807) is 21.1 Å². The molecular formula is C12H25NO4. The van der Waals surface area contributed by atoms with Crippen LogP contribution in [0.4, 0.5) is 0 Å². The van der Waals surface area contributed by atoms with Crippen LogP contribution in [0.15, 0.2) is 0 Å². The highest BCUT2D eigenvalue weighted by Crippen LogP contribution is 2.23. The average Bonchev–Trinajstić information content (AvgIpc) is 2.27. The van der Waals surface area contributed by atoms with Crippen molar-refractivity contribution in [3.63, 3.8) is 0 Å². The number of aliphatic carboxylic acids is 1. The SMILES string of the molecule is CCN(C(C)COC)C(C)(CCOC)C(=O)O. The van der Waals surface area contributed by atoms with E-state index < -0.39 is 11.5 Å². The molecule has 0 amide bonds. The molecule has 0 aromatic rings. The summed E-state index contributed by atoms with van der Waals surface area (Å²) in [4.78, 5) is 13.4. The van der Waals surface area contributed by atoms with Crippen LogP contribution in [0, 0.1) is 0 Å². The van der Waals surface area contributed by atoms with Gasteiger partial charge in [-0.3, -0.25) is 9.69 Å². The van der Waals surface area contributed by atoms with Gasteiger partial charge < -0.3 is 14.6 Å². The fourth-order valence-electron chi connectivity index (χ4n) is 2.15. The largest absolute Gasteiger partial charge is 0.480 e. The zero-order valence-electron chi connectivity index (χ0n) is 11.5. The highest BCUT2D eigenvalue weighted by molar-refractivity contribution is 5.78. The molecule has 0 aliphatic carbocycles. The lowest BCUT2D eigenvalue weighted by molar-refractivity contribution is -0.154. The molecule has 0 aromatic heterocycles. The summed E-state index contributed by atoms with van der Waals surface area (Å²) in [7, 11) is 3.20. The van der Waals surface area contributed by atoms with Crippen LogP contribution in [0.25, 0.3) is 0 Å². The molecule has 0 fully saturated rings. The second-order valence-corrected chi connectivity index (χ2v) is 4.41. The average molecular weight is 247 g/mol. The molecule has 0 radical (unpaired) electrons. The van der Waals surface area contributed by atoms with Crippen LogP contribution in [-0.4, -0.2) is 61.5 Å². The van der Waals surface area contributed by atoms with E-state index in [0.29, 0.717) is 26.2 Å². The number of rotatable bonds is 9. The Hall–Kier alpha value is -0.650. The van der Waals surface area contributed by atoms with Gasteiger partial charge in [-0.05, 0) is 26.8 Å². The van der Waals surface area contributed by atoms with E-state index in [1.165, 1.54) is 0 Å². The van der Waals surface area contributed by atoms with Crippen LogP contribution >= 0.6 is 0 Å². The summed E-state index contributed by atoms with van der Waals surface area (Å²) in [5, 5.41) is 9.44. The molecule has 0 aliphatic rings. The van der Waals surface area contributed by atoms with Gasteiger partial charge >= 0.3 is 5.97 Å². The minimum Gasteiger partial charge on any atom is -0.480 e. The summed E-state index contributed by atoms with van der Waals surface area (Å²) in [5.41, 5.74) is -0.914. The highest BCUT2D eigenvalue weighted by Gasteiger charge is 2.40. The lowest BCUT2D eigenvalue weighted by atomic mass is 9.94. The molecule has 102 valence electrons. The van der Waals surface area contributed by atoms with Gasteiger partial charge in [-0.25, -0.2) is 0 Å². The zero-order valence-corrected chi connectivity index (χ0v) is 11.5. The Morgan fingerprint density at radius 1 is 1.41 bits per heavy atom. The third-order valence-corrected chi connectivity index (χ3v) is 3.17. The zero-order chi connectivity index (χ0) is 13.5. The standard InChI is InChI=1S/C12H25NO4/c1-6-13(10(2)9-17-5)12(3,11(14)15)7-8-16-4/h10H,6-9H2,1-5H3,(H,14,15). The molecule has 0 aromatic carbocycles. The molecule has 1 N–H and O–H groups in total. The molecule has 0 heterocycles. The van der Waals surface area contributed by atoms with E-state index in [-0.39, 0.29) is 6.04 Å². The molecular weight excluding hydrogens is 222 g/mol. The van der Waals surface area contributed by atoms with E-state index >= 15 is 0 Å². The summed E-state index contributed by atoms with van der Waals surface area (Å²) >= 11 is 0.